The first-order valence-corrected chi connectivity index (χ1v) is 6.78. The number of hydrogen-bond acceptors (Lipinski definition) is 3. The fraction of sp³-hybridized carbons (Fsp3) is 0. The van der Waals surface area contributed by atoms with E-state index in [1.54, 1.807) is 24.3 Å². The Labute approximate surface area is 130 Å². The first kappa shape index (κ1) is 13.9. The highest BCUT2D eigenvalue weighted by Crippen LogP contribution is 2.38. The molecule has 3 rings (SSSR count). The lowest BCUT2D eigenvalue weighted by atomic mass is 10.0. The molecule has 0 atom stereocenters. The largest absolute Gasteiger partial charge is 0.380 e. The molecule has 6 heteroatoms. The Kier molecular flexibility index (Phi) is 3.57. The second-order valence-electron chi connectivity index (χ2n) is 4.41. The van der Waals surface area contributed by atoms with Crippen molar-refractivity contribution in [3.8, 4) is 22.5 Å². The van der Waals surface area contributed by atoms with Gasteiger partial charge in [-0.1, -0.05) is 40.5 Å². The molecule has 2 aromatic carbocycles. The zero-order valence-electron chi connectivity index (χ0n) is 10.6. The molecule has 2 N–H and O–H groups in total. The molecule has 0 unspecified atom stereocenters. The van der Waals surface area contributed by atoms with Gasteiger partial charge in [0.05, 0.1) is 10.6 Å². The number of hydrogen-bond donors (Lipinski definition) is 1. The SMILES string of the molecule is Nc1noc(-c2ccc(F)c(Cl)c2)c1-c1cccc(Cl)c1. The fourth-order valence-electron chi connectivity index (χ4n) is 2.06. The van der Waals surface area contributed by atoms with Gasteiger partial charge in [-0.2, -0.15) is 0 Å². The van der Waals surface area contributed by atoms with Gasteiger partial charge in [0.15, 0.2) is 11.6 Å². The number of benzene rings is 2. The third-order valence-corrected chi connectivity index (χ3v) is 3.54. The van der Waals surface area contributed by atoms with Crippen LogP contribution in [0.25, 0.3) is 22.5 Å². The molecule has 3 nitrogen and oxygen atoms in total. The van der Waals surface area contributed by atoms with Gasteiger partial charge in [0, 0.05) is 10.6 Å². The summed E-state index contributed by atoms with van der Waals surface area (Å²) >= 11 is 11.8. The third kappa shape index (κ3) is 2.60. The average Bonchev–Trinajstić information content (AvgIpc) is 2.84. The number of rotatable bonds is 2. The van der Waals surface area contributed by atoms with E-state index in [0.29, 0.717) is 21.9 Å². The lowest BCUT2D eigenvalue weighted by molar-refractivity contribution is 0.436. The Hall–Kier alpha value is -2.04. The maximum absolute atomic E-state index is 13.3. The van der Waals surface area contributed by atoms with E-state index in [1.165, 1.54) is 12.1 Å². The topological polar surface area (TPSA) is 52.0 Å². The Morgan fingerprint density at radius 2 is 1.86 bits per heavy atom. The van der Waals surface area contributed by atoms with Crippen LogP contribution in [-0.2, 0) is 0 Å². The van der Waals surface area contributed by atoms with Crippen LogP contribution in [-0.4, -0.2) is 5.16 Å². The van der Waals surface area contributed by atoms with Crippen molar-refractivity contribution in [3.05, 3.63) is 58.3 Å². The zero-order chi connectivity index (χ0) is 15.0. The maximum atomic E-state index is 13.3. The first-order valence-electron chi connectivity index (χ1n) is 6.03. The van der Waals surface area contributed by atoms with E-state index in [9.17, 15) is 4.39 Å². The standard InChI is InChI=1S/C15H9Cl2FN2O/c16-10-3-1-2-8(6-10)13-14(21-20-15(13)19)9-4-5-12(18)11(17)7-9/h1-7H,(H2,19,20). The summed E-state index contributed by atoms with van der Waals surface area (Å²) in [6, 6.07) is 11.4. The van der Waals surface area contributed by atoms with Crippen LogP contribution in [0.4, 0.5) is 10.2 Å². The van der Waals surface area contributed by atoms with E-state index in [0.717, 1.165) is 5.56 Å². The van der Waals surface area contributed by atoms with E-state index in [1.807, 2.05) is 6.07 Å². The van der Waals surface area contributed by atoms with Crippen LogP contribution in [0.15, 0.2) is 47.0 Å². The van der Waals surface area contributed by atoms with Crippen molar-refractivity contribution in [2.24, 2.45) is 0 Å². The van der Waals surface area contributed by atoms with Crippen LogP contribution >= 0.6 is 23.2 Å². The number of nitrogen functional groups attached to an aromatic ring is 1. The molecule has 0 saturated carbocycles. The van der Waals surface area contributed by atoms with E-state index >= 15 is 0 Å². The summed E-state index contributed by atoms with van der Waals surface area (Å²) in [5, 5.41) is 4.34. The highest BCUT2D eigenvalue weighted by molar-refractivity contribution is 6.31. The second-order valence-corrected chi connectivity index (χ2v) is 5.25. The van der Waals surface area contributed by atoms with Gasteiger partial charge in [0.2, 0.25) is 0 Å². The van der Waals surface area contributed by atoms with Crippen molar-refractivity contribution < 1.29 is 8.91 Å². The molecule has 0 saturated heterocycles. The molecule has 1 aromatic heterocycles. The van der Waals surface area contributed by atoms with Crippen LogP contribution in [0.2, 0.25) is 10.0 Å². The van der Waals surface area contributed by atoms with Gasteiger partial charge in [0.1, 0.15) is 5.82 Å². The molecule has 106 valence electrons. The number of anilines is 1. The van der Waals surface area contributed by atoms with Crippen molar-refractivity contribution >= 4 is 29.0 Å². The Bertz CT molecular complexity index is 817. The maximum Gasteiger partial charge on any atom is 0.176 e. The van der Waals surface area contributed by atoms with Crippen molar-refractivity contribution in [2.75, 3.05) is 5.73 Å². The van der Waals surface area contributed by atoms with Crippen molar-refractivity contribution in [1.29, 1.82) is 0 Å². The molecule has 0 bridgehead atoms. The molecule has 3 aromatic rings. The highest BCUT2D eigenvalue weighted by atomic mass is 35.5. The first-order chi connectivity index (χ1) is 10.1. The van der Waals surface area contributed by atoms with E-state index in [-0.39, 0.29) is 10.8 Å². The van der Waals surface area contributed by atoms with Crippen LogP contribution in [0.1, 0.15) is 0 Å². The summed E-state index contributed by atoms with van der Waals surface area (Å²) < 4.78 is 18.5. The molecule has 0 amide bonds. The minimum absolute atomic E-state index is 0.000449. The summed E-state index contributed by atoms with van der Waals surface area (Å²) in [5.74, 6) is 0.140. The smallest absolute Gasteiger partial charge is 0.176 e. The number of nitrogens with zero attached hydrogens (tertiary/aromatic N) is 1. The van der Waals surface area contributed by atoms with Crippen molar-refractivity contribution in [2.45, 2.75) is 0 Å². The van der Waals surface area contributed by atoms with Gasteiger partial charge in [-0.05, 0) is 35.9 Å². The Morgan fingerprint density at radius 1 is 1.05 bits per heavy atom. The van der Waals surface area contributed by atoms with Crippen molar-refractivity contribution in [1.82, 2.24) is 5.16 Å². The summed E-state index contributed by atoms with van der Waals surface area (Å²) in [4.78, 5) is 0. The van der Waals surface area contributed by atoms with Gasteiger partial charge < -0.3 is 10.3 Å². The lowest BCUT2D eigenvalue weighted by Gasteiger charge is -2.04. The van der Waals surface area contributed by atoms with E-state index in [2.05, 4.69) is 5.16 Å². The molecular formula is C15H9Cl2FN2O. The third-order valence-electron chi connectivity index (χ3n) is 3.01. The number of nitrogens with two attached hydrogens (primary N) is 1. The predicted octanol–water partition coefficient (Wildman–Crippen LogP) is 5.04. The average molecular weight is 323 g/mol. The van der Waals surface area contributed by atoms with Gasteiger partial charge in [-0.3, -0.25) is 0 Å². The van der Waals surface area contributed by atoms with Gasteiger partial charge in [-0.15, -0.1) is 0 Å². The molecule has 0 radical (unpaired) electrons. The lowest BCUT2D eigenvalue weighted by Crippen LogP contribution is -1.89. The van der Waals surface area contributed by atoms with Crippen LogP contribution in [0.3, 0.4) is 0 Å². The van der Waals surface area contributed by atoms with Crippen LogP contribution in [0.5, 0.6) is 0 Å². The van der Waals surface area contributed by atoms with Crippen LogP contribution < -0.4 is 5.73 Å². The normalized spacial score (nSPS) is 10.8. The molecule has 21 heavy (non-hydrogen) atoms. The summed E-state index contributed by atoms with van der Waals surface area (Å²) in [6.45, 7) is 0. The molecule has 0 aliphatic carbocycles. The molecular weight excluding hydrogens is 314 g/mol. The molecule has 0 aliphatic rings. The van der Waals surface area contributed by atoms with E-state index in [4.69, 9.17) is 33.5 Å². The number of halogens is 3. The minimum Gasteiger partial charge on any atom is -0.380 e. The van der Waals surface area contributed by atoms with E-state index < -0.39 is 5.82 Å². The zero-order valence-corrected chi connectivity index (χ0v) is 12.1. The summed E-state index contributed by atoms with van der Waals surface area (Å²) in [7, 11) is 0. The summed E-state index contributed by atoms with van der Waals surface area (Å²) in [5.41, 5.74) is 7.82. The van der Waals surface area contributed by atoms with Gasteiger partial charge in [0.25, 0.3) is 0 Å². The Balaban J connectivity index is 2.19. The summed E-state index contributed by atoms with van der Waals surface area (Å²) in [6.07, 6.45) is 0. The number of aromatic nitrogens is 1. The quantitative estimate of drug-likeness (QED) is 0.719. The molecule has 0 fully saturated rings. The van der Waals surface area contributed by atoms with Crippen molar-refractivity contribution in [3.63, 3.8) is 0 Å². The van der Waals surface area contributed by atoms with Gasteiger partial charge >= 0.3 is 0 Å². The second kappa shape index (κ2) is 5.39. The highest BCUT2D eigenvalue weighted by Gasteiger charge is 2.18. The fourth-order valence-corrected chi connectivity index (χ4v) is 2.43. The predicted molar refractivity (Wildman–Crippen MR) is 81.8 cm³/mol. The Morgan fingerprint density at radius 3 is 2.57 bits per heavy atom. The minimum atomic E-state index is -0.503. The van der Waals surface area contributed by atoms with Gasteiger partial charge in [-0.25, -0.2) is 4.39 Å². The van der Waals surface area contributed by atoms with Crippen LogP contribution in [0, 0.1) is 5.82 Å². The monoisotopic (exact) mass is 322 g/mol. The molecule has 0 spiro atoms. The molecule has 0 aliphatic heterocycles. The molecule has 1 heterocycles.